The molecular weight excluding hydrogens is 392 g/mol. The van der Waals surface area contributed by atoms with Crippen molar-refractivity contribution in [1.29, 1.82) is 0 Å². The van der Waals surface area contributed by atoms with Crippen LogP contribution in [-0.4, -0.2) is 52.4 Å². The highest BCUT2D eigenvalue weighted by Crippen LogP contribution is 2.24. The number of aromatic nitrogens is 2. The maximum absolute atomic E-state index is 12.4. The molecule has 2 aromatic rings. The van der Waals surface area contributed by atoms with Crippen LogP contribution < -0.4 is 10.1 Å². The minimum Gasteiger partial charge on any atom is -0.494 e. The van der Waals surface area contributed by atoms with Gasteiger partial charge in [0.2, 0.25) is 5.91 Å². The topological polar surface area (TPSA) is 84.4 Å². The Morgan fingerprint density at radius 3 is 2.45 bits per heavy atom. The third-order valence-electron chi connectivity index (χ3n) is 5.47. The quantitative estimate of drug-likeness (QED) is 0.689. The molecule has 7 nitrogen and oxygen atoms in total. The summed E-state index contributed by atoms with van der Waals surface area (Å²) in [6.45, 7) is 8.26. The molecule has 0 aliphatic carbocycles. The van der Waals surface area contributed by atoms with Gasteiger partial charge in [-0.2, -0.15) is 0 Å². The third-order valence-corrected chi connectivity index (χ3v) is 5.47. The van der Waals surface area contributed by atoms with Gasteiger partial charge in [-0.05, 0) is 42.4 Å². The zero-order valence-corrected chi connectivity index (χ0v) is 18.6. The Balaban J connectivity index is 1.32. The first-order valence-electron chi connectivity index (χ1n) is 10.9. The largest absolute Gasteiger partial charge is 0.494 e. The fourth-order valence-corrected chi connectivity index (χ4v) is 3.57. The molecule has 31 heavy (non-hydrogen) atoms. The van der Waals surface area contributed by atoms with E-state index < -0.39 is 0 Å². The van der Waals surface area contributed by atoms with Gasteiger partial charge in [0, 0.05) is 37.9 Å². The number of nitrogens with zero attached hydrogens (tertiary/aromatic N) is 3. The first-order chi connectivity index (χ1) is 14.8. The van der Waals surface area contributed by atoms with E-state index in [1.165, 1.54) is 18.0 Å². The van der Waals surface area contributed by atoms with Crippen molar-refractivity contribution in [1.82, 2.24) is 20.2 Å². The van der Waals surface area contributed by atoms with Gasteiger partial charge < -0.3 is 15.0 Å². The molecule has 1 N–H and O–H groups in total. The zero-order valence-electron chi connectivity index (χ0n) is 18.6. The molecule has 2 heterocycles. The number of hydrogen-bond donors (Lipinski definition) is 1. The lowest BCUT2D eigenvalue weighted by Crippen LogP contribution is -2.46. The number of carbonyl (C=O) groups excluding carboxylic acids is 2. The molecule has 3 rings (SSSR count). The van der Waals surface area contributed by atoms with Crippen LogP contribution >= 0.6 is 0 Å². The predicted octanol–water partition coefficient (Wildman–Crippen LogP) is 3.35. The van der Waals surface area contributed by atoms with Crippen LogP contribution in [0.25, 0.3) is 0 Å². The van der Waals surface area contributed by atoms with E-state index in [1.54, 1.807) is 11.1 Å². The molecule has 0 saturated carbocycles. The highest BCUT2D eigenvalue weighted by Gasteiger charge is 2.25. The summed E-state index contributed by atoms with van der Waals surface area (Å²) in [6.07, 6.45) is 7.13. The summed E-state index contributed by atoms with van der Waals surface area (Å²) < 4.78 is 5.76. The summed E-state index contributed by atoms with van der Waals surface area (Å²) in [5.41, 5.74) is 1.75. The van der Waals surface area contributed by atoms with Crippen molar-refractivity contribution in [2.24, 2.45) is 0 Å². The summed E-state index contributed by atoms with van der Waals surface area (Å²) in [5.74, 6) is 0.754. The van der Waals surface area contributed by atoms with Crippen molar-refractivity contribution >= 4 is 11.8 Å². The molecule has 2 amide bonds. The average Bonchev–Trinajstić information content (AvgIpc) is 2.77. The standard InChI is InChI=1S/C24H32N4O3/c1-24(2,3)18-6-8-20(9-7-18)31-16-4-5-22(29)27-19-10-14-28(15-11-19)23(30)21-17-25-12-13-26-21/h6-9,12-13,17,19H,4-5,10-11,14-16H2,1-3H3,(H,27,29). The van der Waals surface area contributed by atoms with Crippen LogP contribution in [0.1, 0.15) is 62.5 Å². The van der Waals surface area contributed by atoms with Crippen molar-refractivity contribution in [2.75, 3.05) is 19.7 Å². The van der Waals surface area contributed by atoms with Crippen LogP contribution in [0.15, 0.2) is 42.9 Å². The highest BCUT2D eigenvalue weighted by atomic mass is 16.5. The average molecular weight is 425 g/mol. The minimum absolute atomic E-state index is 0.0328. The Kier molecular flexibility index (Phi) is 7.60. The molecule has 1 fully saturated rings. The second kappa shape index (κ2) is 10.4. The van der Waals surface area contributed by atoms with Gasteiger partial charge in [0.1, 0.15) is 11.4 Å². The normalized spacial score (nSPS) is 14.9. The SMILES string of the molecule is CC(C)(C)c1ccc(OCCCC(=O)NC2CCN(C(=O)c3cnccn3)CC2)cc1. The zero-order chi connectivity index (χ0) is 22.3. The summed E-state index contributed by atoms with van der Waals surface area (Å²) in [5, 5.41) is 3.08. The Morgan fingerprint density at radius 1 is 1.13 bits per heavy atom. The van der Waals surface area contributed by atoms with E-state index in [1.807, 2.05) is 12.1 Å². The smallest absolute Gasteiger partial charge is 0.274 e. The van der Waals surface area contributed by atoms with Gasteiger partial charge in [0.25, 0.3) is 5.91 Å². The summed E-state index contributed by atoms with van der Waals surface area (Å²) in [7, 11) is 0. The Hall–Kier alpha value is -2.96. The lowest BCUT2D eigenvalue weighted by Gasteiger charge is -2.32. The fraction of sp³-hybridized carbons (Fsp3) is 0.500. The van der Waals surface area contributed by atoms with Gasteiger partial charge in [-0.25, -0.2) is 4.98 Å². The molecular formula is C24H32N4O3. The first kappa shape index (κ1) is 22.7. The minimum atomic E-state index is -0.106. The first-order valence-corrected chi connectivity index (χ1v) is 10.9. The number of likely N-dealkylation sites (tertiary alicyclic amines) is 1. The molecule has 1 aromatic carbocycles. The van der Waals surface area contributed by atoms with Gasteiger partial charge >= 0.3 is 0 Å². The molecule has 0 spiro atoms. The van der Waals surface area contributed by atoms with Crippen LogP contribution in [0.2, 0.25) is 0 Å². The Morgan fingerprint density at radius 2 is 1.84 bits per heavy atom. The molecule has 1 aliphatic rings. The van der Waals surface area contributed by atoms with E-state index in [9.17, 15) is 9.59 Å². The van der Waals surface area contributed by atoms with Gasteiger partial charge in [-0.15, -0.1) is 0 Å². The maximum atomic E-state index is 12.4. The van der Waals surface area contributed by atoms with Gasteiger partial charge in [0.05, 0.1) is 12.8 Å². The fourth-order valence-electron chi connectivity index (χ4n) is 3.57. The second-order valence-electron chi connectivity index (χ2n) is 8.95. The Bertz CT molecular complexity index is 855. The highest BCUT2D eigenvalue weighted by molar-refractivity contribution is 5.92. The van der Waals surface area contributed by atoms with Gasteiger partial charge in [-0.3, -0.25) is 14.6 Å². The molecule has 1 aromatic heterocycles. The Labute approximate surface area is 184 Å². The summed E-state index contributed by atoms with van der Waals surface area (Å²) in [4.78, 5) is 34.4. The van der Waals surface area contributed by atoms with Gasteiger partial charge in [0.15, 0.2) is 0 Å². The van der Waals surface area contributed by atoms with Crippen LogP contribution in [-0.2, 0) is 10.2 Å². The maximum Gasteiger partial charge on any atom is 0.274 e. The number of ether oxygens (including phenoxy) is 1. The lowest BCUT2D eigenvalue weighted by atomic mass is 9.87. The number of piperidine rings is 1. The second-order valence-corrected chi connectivity index (χ2v) is 8.95. The van der Waals surface area contributed by atoms with Crippen molar-refractivity contribution in [3.05, 3.63) is 54.1 Å². The van der Waals surface area contributed by atoms with E-state index in [0.29, 0.717) is 38.2 Å². The van der Waals surface area contributed by atoms with Crippen LogP contribution in [0, 0.1) is 0 Å². The van der Waals surface area contributed by atoms with E-state index >= 15 is 0 Å². The molecule has 0 atom stereocenters. The molecule has 0 radical (unpaired) electrons. The summed E-state index contributed by atoms with van der Waals surface area (Å²) in [6, 6.07) is 8.24. The van der Waals surface area contributed by atoms with E-state index in [-0.39, 0.29) is 23.3 Å². The number of benzene rings is 1. The van der Waals surface area contributed by atoms with E-state index in [2.05, 4.69) is 48.2 Å². The van der Waals surface area contributed by atoms with Crippen molar-refractivity contribution in [3.8, 4) is 5.75 Å². The number of amides is 2. The molecule has 0 bridgehead atoms. The predicted molar refractivity (Wildman–Crippen MR) is 119 cm³/mol. The molecule has 1 aliphatic heterocycles. The third kappa shape index (κ3) is 6.77. The van der Waals surface area contributed by atoms with Gasteiger partial charge in [-0.1, -0.05) is 32.9 Å². The monoisotopic (exact) mass is 424 g/mol. The van der Waals surface area contributed by atoms with E-state index in [4.69, 9.17) is 4.74 Å². The summed E-state index contributed by atoms with van der Waals surface area (Å²) >= 11 is 0. The lowest BCUT2D eigenvalue weighted by molar-refractivity contribution is -0.122. The van der Waals surface area contributed by atoms with Crippen LogP contribution in [0.4, 0.5) is 0 Å². The van der Waals surface area contributed by atoms with Crippen LogP contribution in [0.3, 0.4) is 0 Å². The molecule has 0 unspecified atom stereocenters. The van der Waals surface area contributed by atoms with Crippen molar-refractivity contribution in [3.63, 3.8) is 0 Å². The van der Waals surface area contributed by atoms with Crippen LogP contribution in [0.5, 0.6) is 5.75 Å². The number of hydrogen-bond acceptors (Lipinski definition) is 5. The van der Waals surface area contributed by atoms with E-state index in [0.717, 1.165) is 18.6 Å². The number of nitrogens with one attached hydrogen (secondary N) is 1. The molecule has 7 heteroatoms. The molecule has 166 valence electrons. The molecule has 1 saturated heterocycles. The van der Waals surface area contributed by atoms with Crippen molar-refractivity contribution in [2.45, 2.75) is 57.9 Å². The van der Waals surface area contributed by atoms with Crippen molar-refractivity contribution < 1.29 is 14.3 Å². The number of carbonyl (C=O) groups is 2. The number of rotatable bonds is 7.